The molecule has 1 unspecified atom stereocenters. The maximum atomic E-state index is 13.7. The third kappa shape index (κ3) is 5.99. The van der Waals surface area contributed by atoms with Crippen molar-refractivity contribution >= 4 is 29.1 Å². The number of carbonyl (C=O) groups excluding carboxylic acids is 2. The Morgan fingerprint density at radius 1 is 0.878 bits per heavy atom. The lowest BCUT2D eigenvalue weighted by atomic mass is 9.71. The molecule has 3 aliphatic rings. The third-order valence-corrected chi connectivity index (χ3v) is 9.84. The molecule has 2 saturated heterocycles. The van der Waals surface area contributed by atoms with Crippen LogP contribution in [0.2, 0.25) is 5.02 Å². The SMILES string of the molecule is O=C(NC1CCCCc2ccc(C(=O)N3CCC4(CC3)CCN(c3ccc(F)cc3)CC4)cc21)c1ccccc1Cl. The largest absolute Gasteiger partial charge is 0.371 e. The second-order valence-corrected chi connectivity index (χ2v) is 12.3. The Kier molecular flexibility index (Phi) is 8.03. The van der Waals surface area contributed by atoms with Crippen LogP contribution in [0, 0.1) is 11.2 Å². The van der Waals surface area contributed by atoms with E-state index in [2.05, 4.69) is 16.3 Å². The average molecular weight is 574 g/mol. The lowest BCUT2D eigenvalue weighted by Gasteiger charge is -2.47. The first-order valence-electron chi connectivity index (χ1n) is 14.9. The fourth-order valence-electron chi connectivity index (χ4n) is 6.89. The maximum absolute atomic E-state index is 13.7. The van der Waals surface area contributed by atoms with Crippen LogP contribution in [0.1, 0.15) is 82.8 Å². The van der Waals surface area contributed by atoms with Crippen LogP contribution in [-0.2, 0) is 6.42 Å². The Hall–Kier alpha value is -3.38. The van der Waals surface area contributed by atoms with Crippen LogP contribution in [0.25, 0.3) is 0 Å². The minimum atomic E-state index is -0.203. The van der Waals surface area contributed by atoms with E-state index >= 15 is 0 Å². The number of nitrogens with one attached hydrogen (secondary N) is 1. The van der Waals surface area contributed by atoms with Crippen molar-refractivity contribution in [3.8, 4) is 0 Å². The lowest BCUT2D eigenvalue weighted by Crippen LogP contribution is -2.48. The molecule has 7 heteroatoms. The van der Waals surface area contributed by atoms with Crippen LogP contribution in [0.3, 0.4) is 0 Å². The Morgan fingerprint density at radius 2 is 1.59 bits per heavy atom. The van der Waals surface area contributed by atoms with Gasteiger partial charge < -0.3 is 15.1 Å². The quantitative estimate of drug-likeness (QED) is 0.336. The molecule has 0 aromatic heterocycles. The number of likely N-dealkylation sites (tertiary alicyclic amines) is 1. The highest BCUT2D eigenvalue weighted by atomic mass is 35.5. The number of hydrogen-bond acceptors (Lipinski definition) is 3. The van der Waals surface area contributed by atoms with Gasteiger partial charge in [0.2, 0.25) is 0 Å². The lowest BCUT2D eigenvalue weighted by molar-refractivity contribution is 0.0515. The van der Waals surface area contributed by atoms with Crippen LogP contribution in [0.15, 0.2) is 66.7 Å². The van der Waals surface area contributed by atoms with Crippen LogP contribution in [0.5, 0.6) is 0 Å². The number of piperidine rings is 2. The summed E-state index contributed by atoms with van der Waals surface area (Å²) >= 11 is 6.29. The smallest absolute Gasteiger partial charge is 0.253 e. The molecule has 2 fully saturated rings. The van der Waals surface area contributed by atoms with Crippen molar-refractivity contribution in [1.29, 1.82) is 0 Å². The van der Waals surface area contributed by atoms with E-state index in [4.69, 9.17) is 11.6 Å². The molecule has 0 saturated carbocycles. The van der Waals surface area contributed by atoms with Gasteiger partial charge in [0.15, 0.2) is 0 Å². The number of anilines is 1. The Morgan fingerprint density at radius 3 is 2.32 bits per heavy atom. The van der Waals surface area contributed by atoms with E-state index in [0.717, 1.165) is 88.8 Å². The van der Waals surface area contributed by atoms with Gasteiger partial charge in [-0.15, -0.1) is 0 Å². The van der Waals surface area contributed by atoms with Gasteiger partial charge in [-0.05, 0) is 110 Å². The predicted molar refractivity (Wildman–Crippen MR) is 161 cm³/mol. The molecule has 0 radical (unpaired) electrons. The molecular weight excluding hydrogens is 537 g/mol. The summed E-state index contributed by atoms with van der Waals surface area (Å²) in [6.45, 7) is 3.45. The van der Waals surface area contributed by atoms with Crippen LogP contribution in [-0.4, -0.2) is 42.9 Å². The number of rotatable bonds is 4. The summed E-state index contributed by atoms with van der Waals surface area (Å²) in [6, 6.07) is 19.8. The molecule has 1 N–H and O–H groups in total. The zero-order valence-corrected chi connectivity index (χ0v) is 24.1. The zero-order valence-electron chi connectivity index (χ0n) is 23.4. The molecule has 1 atom stereocenters. The van der Waals surface area contributed by atoms with Crippen molar-refractivity contribution in [3.05, 3.63) is 99.8 Å². The van der Waals surface area contributed by atoms with Gasteiger partial charge >= 0.3 is 0 Å². The molecule has 214 valence electrons. The second-order valence-electron chi connectivity index (χ2n) is 11.9. The summed E-state index contributed by atoms with van der Waals surface area (Å²) in [7, 11) is 0. The van der Waals surface area contributed by atoms with Gasteiger partial charge in [0.05, 0.1) is 16.6 Å². The third-order valence-electron chi connectivity index (χ3n) is 9.51. The van der Waals surface area contributed by atoms with E-state index < -0.39 is 0 Å². The molecule has 5 nitrogen and oxygen atoms in total. The van der Waals surface area contributed by atoms with E-state index in [9.17, 15) is 14.0 Å². The van der Waals surface area contributed by atoms with E-state index in [1.54, 1.807) is 12.1 Å². The molecule has 1 spiro atoms. The molecule has 2 amide bonds. The first-order chi connectivity index (χ1) is 19.9. The van der Waals surface area contributed by atoms with E-state index in [1.807, 2.05) is 41.3 Å². The summed E-state index contributed by atoms with van der Waals surface area (Å²) in [4.78, 5) is 31.1. The number of halogens is 2. The zero-order chi connectivity index (χ0) is 28.4. The molecular formula is C34H37ClFN3O2. The number of hydrogen-bond donors (Lipinski definition) is 1. The summed E-state index contributed by atoms with van der Waals surface area (Å²) in [5.74, 6) is -0.310. The molecule has 3 aromatic carbocycles. The molecule has 2 aliphatic heterocycles. The van der Waals surface area contributed by atoms with E-state index in [1.165, 1.54) is 17.7 Å². The number of nitrogens with zero attached hydrogens (tertiary/aromatic N) is 2. The summed E-state index contributed by atoms with van der Waals surface area (Å²) in [5, 5.41) is 3.64. The molecule has 0 bridgehead atoms. The van der Waals surface area contributed by atoms with Crippen molar-refractivity contribution in [3.63, 3.8) is 0 Å². The summed E-state index contributed by atoms with van der Waals surface area (Å²) in [6.07, 6.45) is 8.07. The molecule has 41 heavy (non-hydrogen) atoms. The fourth-order valence-corrected chi connectivity index (χ4v) is 7.11. The predicted octanol–water partition coefficient (Wildman–Crippen LogP) is 7.20. The maximum Gasteiger partial charge on any atom is 0.253 e. The van der Waals surface area contributed by atoms with Gasteiger partial charge in [0.1, 0.15) is 5.82 Å². The molecule has 1 aliphatic carbocycles. The summed E-state index contributed by atoms with van der Waals surface area (Å²) in [5.41, 5.74) is 4.78. The fraction of sp³-hybridized carbons (Fsp3) is 0.412. The van der Waals surface area contributed by atoms with Gasteiger partial charge in [-0.2, -0.15) is 0 Å². The molecule has 3 aromatic rings. The highest BCUT2D eigenvalue weighted by Gasteiger charge is 2.39. The van der Waals surface area contributed by atoms with Gasteiger partial charge in [-0.1, -0.05) is 36.2 Å². The standard InChI is InChI=1S/C34H37ClFN3O2/c35-30-7-3-2-6-28(30)32(40)37-31-8-4-1-5-24-9-10-25(23-29(24)31)33(41)39-21-17-34(18-22-39)15-19-38(20-16-34)27-13-11-26(36)12-14-27/h2-3,6-7,9-14,23,31H,1,4-5,8,15-22H2,(H,37,40). The van der Waals surface area contributed by atoms with Crippen LogP contribution in [0.4, 0.5) is 10.1 Å². The molecule has 2 heterocycles. The van der Waals surface area contributed by atoms with Crippen molar-refractivity contribution in [2.45, 2.75) is 57.4 Å². The normalized spacial score (nSPS) is 20.3. The van der Waals surface area contributed by atoms with Crippen molar-refractivity contribution in [2.75, 3.05) is 31.1 Å². The van der Waals surface area contributed by atoms with Crippen LogP contribution >= 0.6 is 11.6 Å². The van der Waals surface area contributed by atoms with Crippen molar-refractivity contribution in [1.82, 2.24) is 10.2 Å². The van der Waals surface area contributed by atoms with Crippen LogP contribution < -0.4 is 10.2 Å². The number of carbonyl (C=O) groups is 2. The van der Waals surface area contributed by atoms with Gasteiger partial charge in [0, 0.05) is 37.4 Å². The highest BCUT2D eigenvalue weighted by molar-refractivity contribution is 6.33. The van der Waals surface area contributed by atoms with Crippen molar-refractivity contribution < 1.29 is 14.0 Å². The van der Waals surface area contributed by atoms with E-state index in [-0.39, 0.29) is 29.1 Å². The Balaban J connectivity index is 1.11. The average Bonchev–Trinajstić information content (AvgIpc) is 3.20. The first-order valence-corrected chi connectivity index (χ1v) is 15.3. The number of benzene rings is 3. The van der Waals surface area contributed by atoms with Gasteiger partial charge in [-0.3, -0.25) is 9.59 Å². The topological polar surface area (TPSA) is 52.7 Å². The van der Waals surface area contributed by atoms with Crippen molar-refractivity contribution in [2.24, 2.45) is 5.41 Å². The monoisotopic (exact) mass is 573 g/mol. The highest BCUT2D eigenvalue weighted by Crippen LogP contribution is 2.42. The van der Waals surface area contributed by atoms with Gasteiger partial charge in [0.25, 0.3) is 11.8 Å². The second kappa shape index (κ2) is 11.8. The minimum absolute atomic E-state index is 0.0758. The van der Waals surface area contributed by atoms with E-state index in [0.29, 0.717) is 16.1 Å². The Labute approximate surface area is 246 Å². The first kappa shape index (κ1) is 27.8. The number of fused-ring (bicyclic) bond motifs is 1. The molecule has 6 rings (SSSR count). The van der Waals surface area contributed by atoms with Gasteiger partial charge in [-0.25, -0.2) is 4.39 Å². The number of amides is 2. The Bertz CT molecular complexity index is 1410. The summed E-state index contributed by atoms with van der Waals surface area (Å²) < 4.78 is 13.3. The minimum Gasteiger partial charge on any atom is -0.371 e. The number of aryl methyl sites for hydroxylation is 1.